The minimum absolute atomic E-state index is 0. The van der Waals surface area contributed by atoms with Gasteiger partial charge in [-0.05, 0) is 0 Å². The number of hydrogen-bond acceptors (Lipinski definition) is 1. The van der Waals surface area contributed by atoms with Crippen molar-refractivity contribution in [1.29, 1.82) is 0 Å². The third-order valence-corrected chi connectivity index (χ3v) is 0. The molecule has 2 N–H and O–H groups in total. The van der Waals surface area contributed by atoms with E-state index in [9.17, 15) is 0 Å². The van der Waals surface area contributed by atoms with E-state index in [4.69, 9.17) is 14.4 Å². The van der Waals surface area contributed by atoms with Gasteiger partial charge in [-0.25, -0.2) is 0 Å². The zero-order valence-electron chi connectivity index (χ0n) is 2.16. The van der Waals surface area contributed by atoms with Gasteiger partial charge >= 0.3 is 8.25 Å². The maximum atomic E-state index is 8.74. The first-order valence-electron chi connectivity index (χ1n) is 0.651. The molecule has 5 heavy (non-hydrogen) atoms. The summed E-state index contributed by atoms with van der Waals surface area (Å²) in [5.74, 6) is 0. The maximum absolute atomic E-state index is 8.74. The summed E-state index contributed by atoms with van der Waals surface area (Å²) in [7, 11) is -3.13. The SMILES string of the molecule is O=[PH](O)O.[Ru]. The van der Waals surface area contributed by atoms with Crippen LogP contribution in [0.5, 0.6) is 0 Å². The van der Waals surface area contributed by atoms with E-state index in [1.807, 2.05) is 0 Å². The van der Waals surface area contributed by atoms with E-state index in [1.165, 1.54) is 0 Å². The molecular formula is H3O3PRu. The van der Waals surface area contributed by atoms with E-state index in [0.29, 0.717) is 0 Å². The molecule has 5 heteroatoms. The Kier molecular flexibility index (Phi) is 8.82. The van der Waals surface area contributed by atoms with Crippen LogP contribution in [0, 0.1) is 0 Å². The van der Waals surface area contributed by atoms with Crippen molar-refractivity contribution in [3.8, 4) is 0 Å². The summed E-state index contributed by atoms with van der Waals surface area (Å²) in [6.07, 6.45) is 0. The molecule has 0 spiro atoms. The van der Waals surface area contributed by atoms with Crippen LogP contribution >= 0.6 is 8.25 Å². The van der Waals surface area contributed by atoms with Gasteiger partial charge in [-0.2, -0.15) is 0 Å². The zero-order chi connectivity index (χ0) is 3.58. The van der Waals surface area contributed by atoms with E-state index < -0.39 is 8.25 Å². The second-order valence-corrected chi connectivity index (χ2v) is 0.848. The van der Waals surface area contributed by atoms with Crippen molar-refractivity contribution < 1.29 is 33.8 Å². The van der Waals surface area contributed by atoms with Crippen molar-refractivity contribution in [3.63, 3.8) is 0 Å². The van der Waals surface area contributed by atoms with Crippen LogP contribution in [-0.2, 0) is 24.0 Å². The third kappa shape index (κ3) is 61.4. The predicted octanol–water partition coefficient (Wildman–Crippen LogP) is -0.642. The second-order valence-electron chi connectivity index (χ2n) is 0.283. The Morgan fingerprint density at radius 2 is 1.40 bits per heavy atom. The van der Waals surface area contributed by atoms with Crippen molar-refractivity contribution in [2.24, 2.45) is 0 Å². The topological polar surface area (TPSA) is 57.5 Å². The minimum atomic E-state index is -3.13. The fraction of sp³-hybridized carbons (Fsp3) is 0. The van der Waals surface area contributed by atoms with E-state index >= 15 is 0 Å². The van der Waals surface area contributed by atoms with Gasteiger partial charge in [0.25, 0.3) is 0 Å². The zero-order valence-corrected chi connectivity index (χ0v) is 4.89. The van der Waals surface area contributed by atoms with Crippen LogP contribution in [0.1, 0.15) is 0 Å². The summed E-state index contributed by atoms with van der Waals surface area (Å²) in [6.45, 7) is 0. The number of hydrogen-bond donors (Lipinski definition) is 2. The summed E-state index contributed by atoms with van der Waals surface area (Å²) in [5.41, 5.74) is 0. The molecule has 0 saturated heterocycles. The molecule has 0 aliphatic rings. The normalized spacial score (nSPS) is 7.00. The Balaban J connectivity index is 0. The summed E-state index contributed by atoms with van der Waals surface area (Å²) in [5, 5.41) is 0. The maximum Gasteiger partial charge on any atom is 0.314 e. The molecule has 0 aromatic rings. The van der Waals surface area contributed by atoms with Gasteiger partial charge in [0.2, 0.25) is 0 Å². The molecule has 34 valence electrons. The fourth-order valence-corrected chi connectivity index (χ4v) is 0. The van der Waals surface area contributed by atoms with Crippen molar-refractivity contribution in [3.05, 3.63) is 0 Å². The molecule has 0 fully saturated rings. The molecule has 0 aromatic carbocycles. The van der Waals surface area contributed by atoms with Crippen LogP contribution < -0.4 is 0 Å². The van der Waals surface area contributed by atoms with E-state index in [-0.39, 0.29) is 19.5 Å². The van der Waals surface area contributed by atoms with Gasteiger partial charge in [-0.15, -0.1) is 0 Å². The molecule has 0 saturated carbocycles. The Morgan fingerprint density at radius 3 is 1.40 bits per heavy atom. The van der Waals surface area contributed by atoms with Crippen molar-refractivity contribution >= 4 is 8.25 Å². The molecule has 0 aliphatic heterocycles. The molecule has 0 unspecified atom stereocenters. The molecule has 0 aromatic heterocycles. The van der Waals surface area contributed by atoms with Crippen molar-refractivity contribution in [2.45, 2.75) is 0 Å². The van der Waals surface area contributed by atoms with Gasteiger partial charge in [0.15, 0.2) is 0 Å². The fourth-order valence-electron chi connectivity index (χ4n) is 0. The molecule has 0 rings (SSSR count). The first kappa shape index (κ1) is 9.24. The predicted molar refractivity (Wildman–Crippen MR) is 13.4 cm³/mol. The monoisotopic (exact) mass is 184 g/mol. The van der Waals surface area contributed by atoms with Crippen LogP contribution in [0.4, 0.5) is 0 Å². The Hall–Kier alpha value is 0.773. The summed E-state index contributed by atoms with van der Waals surface area (Å²) in [6, 6.07) is 0. The molecule has 0 heterocycles. The molecule has 0 amide bonds. The van der Waals surface area contributed by atoms with Crippen molar-refractivity contribution in [2.75, 3.05) is 0 Å². The molecular weight excluding hydrogens is 180 g/mol. The average Bonchev–Trinajstić information content (AvgIpc) is 0.811. The average molecular weight is 183 g/mol. The van der Waals surface area contributed by atoms with Gasteiger partial charge in [0.1, 0.15) is 0 Å². The summed E-state index contributed by atoms with van der Waals surface area (Å²) >= 11 is 0. The minimum Gasteiger partial charge on any atom is -0.326 e. The van der Waals surface area contributed by atoms with Gasteiger partial charge in [0.05, 0.1) is 0 Å². The second kappa shape index (κ2) is 4.77. The first-order valence-corrected chi connectivity index (χ1v) is 1.95. The molecule has 3 nitrogen and oxygen atoms in total. The largest absolute Gasteiger partial charge is 0.326 e. The molecule has 0 aliphatic carbocycles. The van der Waals surface area contributed by atoms with Crippen LogP contribution in [0.25, 0.3) is 0 Å². The van der Waals surface area contributed by atoms with Gasteiger partial charge < -0.3 is 9.79 Å². The third-order valence-electron chi connectivity index (χ3n) is 0. The number of rotatable bonds is 0. The Labute approximate surface area is 42.7 Å². The van der Waals surface area contributed by atoms with E-state index in [2.05, 4.69) is 0 Å². The molecule has 0 bridgehead atoms. The van der Waals surface area contributed by atoms with Crippen molar-refractivity contribution in [1.82, 2.24) is 0 Å². The van der Waals surface area contributed by atoms with Gasteiger partial charge in [0, 0.05) is 19.5 Å². The van der Waals surface area contributed by atoms with Gasteiger partial charge in [-0.1, -0.05) is 0 Å². The quantitative estimate of drug-likeness (QED) is 0.388. The standard InChI is InChI=1S/H3O3P.Ru/c1-4(2)3;/h4H,(H2,1,2,3);. The molecule has 0 atom stereocenters. The van der Waals surface area contributed by atoms with Crippen LogP contribution in [0.2, 0.25) is 0 Å². The summed E-state index contributed by atoms with van der Waals surface area (Å²) < 4.78 is 8.74. The molecule has 0 radical (unpaired) electrons. The van der Waals surface area contributed by atoms with E-state index in [1.54, 1.807) is 0 Å². The Morgan fingerprint density at radius 1 is 1.40 bits per heavy atom. The summed E-state index contributed by atoms with van der Waals surface area (Å²) in [4.78, 5) is 14.3. The van der Waals surface area contributed by atoms with Gasteiger partial charge in [-0.3, -0.25) is 4.57 Å². The van der Waals surface area contributed by atoms with Crippen LogP contribution in [0.15, 0.2) is 0 Å². The van der Waals surface area contributed by atoms with Crippen LogP contribution in [0.3, 0.4) is 0 Å². The van der Waals surface area contributed by atoms with E-state index in [0.717, 1.165) is 0 Å². The first-order chi connectivity index (χ1) is 1.73. The smallest absolute Gasteiger partial charge is 0.314 e. The Bertz CT molecular complexity index is 29.9. The van der Waals surface area contributed by atoms with Crippen LogP contribution in [-0.4, -0.2) is 9.79 Å².